The van der Waals surface area contributed by atoms with Crippen LogP contribution in [0.4, 0.5) is 0 Å². The van der Waals surface area contributed by atoms with Crippen LogP contribution in [0.2, 0.25) is 0 Å². The average Bonchev–Trinajstić information content (AvgIpc) is 2.61. The van der Waals surface area contributed by atoms with Crippen LogP contribution in [0, 0.1) is 13.8 Å². The molecule has 2 saturated heterocycles. The van der Waals surface area contributed by atoms with Gasteiger partial charge < -0.3 is 4.42 Å². The van der Waals surface area contributed by atoms with Crippen molar-refractivity contribution in [3.63, 3.8) is 0 Å². The predicted octanol–water partition coefficient (Wildman–Crippen LogP) is 2.35. The molecule has 0 amide bonds. The van der Waals surface area contributed by atoms with Crippen molar-refractivity contribution in [1.29, 1.82) is 0 Å². The lowest BCUT2D eigenvalue weighted by atomic mass is 10.0. The van der Waals surface area contributed by atoms with Crippen LogP contribution in [0.1, 0.15) is 43.0 Å². The van der Waals surface area contributed by atoms with E-state index in [0.717, 1.165) is 29.9 Å². The molecule has 0 saturated carbocycles. The number of aromatic nitrogens is 1. The minimum absolute atomic E-state index is 0.758. The molecule has 2 aliphatic heterocycles. The fourth-order valence-corrected chi connectivity index (χ4v) is 3.39. The number of aryl methyl sites for hydroxylation is 2. The molecule has 3 heterocycles. The molecule has 4 heteroatoms. The van der Waals surface area contributed by atoms with Gasteiger partial charge in [0, 0.05) is 12.6 Å². The Balaban J connectivity index is 1.64. The highest BCUT2D eigenvalue weighted by atomic mass is 16.4. The van der Waals surface area contributed by atoms with Crippen molar-refractivity contribution < 1.29 is 4.42 Å². The summed E-state index contributed by atoms with van der Waals surface area (Å²) in [7, 11) is 0. The van der Waals surface area contributed by atoms with Gasteiger partial charge in [-0.3, -0.25) is 9.80 Å². The van der Waals surface area contributed by atoms with Gasteiger partial charge >= 0.3 is 0 Å². The van der Waals surface area contributed by atoms with E-state index in [1.165, 1.54) is 51.9 Å². The number of hydrogen-bond acceptors (Lipinski definition) is 4. The standard InChI is InChI=1S/C15H25N3O/c1-12-13(2)19-15(16-12)11-17-7-5-9-18-8-4-3-6-14(18)10-17/h14H,3-11H2,1-2H3. The van der Waals surface area contributed by atoms with Crippen LogP contribution in [-0.4, -0.2) is 47.0 Å². The molecule has 0 bridgehead atoms. The maximum atomic E-state index is 5.73. The van der Waals surface area contributed by atoms with Crippen molar-refractivity contribution in [2.45, 2.75) is 52.1 Å². The Bertz CT molecular complexity index is 410. The third-order valence-electron chi connectivity index (χ3n) is 4.57. The van der Waals surface area contributed by atoms with Crippen LogP contribution in [0.25, 0.3) is 0 Å². The van der Waals surface area contributed by atoms with Gasteiger partial charge in [-0.25, -0.2) is 4.98 Å². The summed E-state index contributed by atoms with van der Waals surface area (Å²) < 4.78 is 5.73. The first-order valence-corrected chi connectivity index (χ1v) is 7.61. The highest BCUT2D eigenvalue weighted by molar-refractivity contribution is 5.05. The van der Waals surface area contributed by atoms with Crippen LogP contribution >= 0.6 is 0 Å². The smallest absolute Gasteiger partial charge is 0.208 e. The Morgan fingerprint density at radius 2 is 2.00 bits per heavy atom. The monoisotopic (exact) mass is 263 g/mol. The molecule has 19 heavy (non-hydrogen) atoms. The number of fused-ring (bicyclic) bond motifs is 1. The summed E-state index contributed by atoms with van der Waals surface area (Å²) in [6, 6.07) is 0.758. The predicted molar refractivity (Wildman–Crippen MR) is 75.1 cm³/mol. The molecule has 0 aromatic carbocycles. The summed E-state index contributed by atoms with van der Waals surface area (Å²) in [5.74, 6) is 1.85. The Labute approximate surface area is 115 Å². The SMILES string of the molecule is Cc1nc(CN2CCCN3CCCCC3C2)oc1C. The van der Waals surface area contributed by atoms with Crippen LogP contribution in [0.3, 0.4) is 0 Å². The summed E-state index contributed by atoms with van der Waals surface area (Å²) >= 11 is 0. The first-order chi connectivity index (χ1) is 9.22. The van der Waals surface area contributed by atoms with Crippen molar-refractivity contribution in [2.75, 3.05) is 26.2 Å². The minimum Gasteiger partial charge on any atom is -0.444 e. The number of oxazole rings is 1. The van der Waals surface area contributed by atoms with Gasteiger partial charge in [0.2, 0.25) is 5.89 Å². The van der Waals surface area contributed by atoms with E-state index in [4.69, 9.17) is 4.42 Å². The van der Waals surface area contributed by atoms with E-state index in [1.807, 2.05) is 13.8 Å². The first-order valence-electron chi connectivity index (χ1n) is 7.61. The second-order valence-electron chi connectivity index (χ2n) is 6.02. The summed E-state index contributed by atoms with van der Waals surface area (Å²) in [6.07, 6.45) is 5.41. The number of rotatable bonds is 2. The van der Waals surface area contributed by atoms with E-state index in [1.54, 1.807) is 0 Å². The average molecular weight is 263 g/mol. The van der Waals surface area contributed by atoms with Crippen LogP contribution in [0.15, 0.2) is 4.42 Å². The highest BCUT2D eigenvalue weighted by Gasteiger charge is 2.27. The van der Waals surface area contributed by atoms with Crippen LogP contribution < -0.4 is 0 Å². The molecular weight excluding hydrogens is 238 g/mol. The molecule has 2 aliphatic rings. The molecule has 0 spiro atoms. The topological polar surface area (TPSA) is 32.5 Å². The summed E-state index contributed by atoms with van der Waals surface area (Å²) in [5, 5.41) is 0. The lowest BCUT2D eigenvalue weighted by Gasteiger charge is -2.35. The minimum atomic E-state index is 0.758. The molecule has 3 rings (SSSR count). The Morgan fingerprint density at radius 1 is 1.16 bits per heavy atom. The molecule has 0 N–H and O–H groups in total. The van der Waals surface area contributed by atoms with Gasteiger partial charge in [0.1, 0.15) is 5.76 Å². The third kappa shape index (κ3) is 3.00. The second kappa shape index (κ2) is 5.63. The van der Waals surface area contributed by atoms with Crippen molar-refractivity contribution in [2.24, 2.45) is 0 Å². The van der Waals surface area contributed by atoms with E-state index in [9.17, 15) is 0 Å². The third-order valence-corrected chi connectivity index (χ3v) is 4.57. The van der Waals surface area contributed by atoms with Gasteiger partial charge in [0.25, 0.3) is 0 Å². The molecule has 0 aliphatic carbocycles. The molecular formula is C15H25N3O. The van der Waals surface area contributed by atoms with Gasteiger partial charge in [0.15, 0.2) is 0 Å². The molecule has 2 fully saturated rings. The van der Waals surface area contributed by atoms with Crippen molar-refractivity contribution in [1.82, 2.24) is 14.8 Å². The van der Waals surface area contributed by atoms with E-state index in [2.05, 4.69) is 14.8 Å². The maximum Gasteiger partial charge on any atom is 0.208 e. The van der Waals surface area contributed by atoms with Crippen molar-refractivity contribution in [3.05, 3.63) is 17.3 Å². The van der Waals surface area contributed by atoms with Gasteiger partial charge in [0.05, 0.1) is 12.2 Å². The molecule has 1 aromatic heterocycles. The second-order valence-corrected chi connectivity index (χ2v) is 6.02. The van der Waals surface area contributed by atoms with E-state index >= 15 is 0 Å². The highest BCUT2D eigenvalue weighted by Crippen LogP contribution is 2.22. The maximum absolute atomic E-state index is 5.73. The fraction of sp³-hybridized carbons (Fsp3) is 0.800. The molecule has 1 atom stereocenters. The summed E-state index contributed by atoms with van der Waals surface area (Å²) in [4.78, 5) is 9.74. The van der Waals surface area contributed by atoms with E-state index in [-0.39, 0.29) is 0 Å². The van der Waals surface area contributed by atoms with Gasteiger partial charge in [-0.05, 0) is 52.7 Å². The zero-order valence-electron chi connectivity index (χ0n) is 12.2. The zero-order chi connectivity index (χ0) is 13.2. The molecule has 4 nitrogen and oxygen atoms in total. The molecule has 0 radical (unpaired) electrons. The number of hydrogen-bond donors (Lipinski definition) is 0. The number of piperidine rings is 1. The fourth-order valence-electron chi connectivity index (χ4n) is 3.39. The zero-order valence-corrected chi connectivity index (χ0v) is 12.2. The first kappa shape index (κ1) is 13.1. The Hall–Kier alpha value is -0.870. The lowest BCUT2D eigenvalue weighted by molar-refractivity contribution is 0.131. The molecule has 1 unspecified atom stereocenters. The summed E-state index contributed by atoms with van der Waals surface area (Å²) in [6.45, 7) is 9.82. The van der Waals surface area contributed by atoms with Gasteiger partial charge in [-0.2, -0.15) is 0 Å². The van der Waals surface area contributed by atoms with Crippen LogP contribution in [0.5, 0.6) is 0 Å². The molecule has 106 valence electrons. The van der Waals surface area contributed by atoms with Gasteiger partial charge in [-0.15, -0.1) is 0 Å². The van der Waals surface area contributed by atoms with Crippen LogP contribution in [-0.2, 0) is 6.54 Å². The normalized spacial score (nSPS) is 26.1. The van der Waals surface area contributed by atoms with Crippen molar-refractivity contribution >= 4 is 0 Å². The Kier molecular flexibility index (Phi) is 3.89. The van der Waals surface area contributed by atoms with E-state index < -0.39 is 0 Å². The lowest BCUT2D eigenvalue weighted by Crippen LogP contribution is -2.43. The summed E-state index contributed by atoms with van der Waals surface area (Å²) in [5.41, 5.74) is 1.03. The quantitative estimate of drug-likeness (QED) is 0.820. The largest absolute Gasteiger partial charge is 0.444 e. The Morgan fingerprint density at radius 3 is 2.79 bits per heavy atom. The van der Waals surface area contributed by atoms with Crippen molar-refractivity contribution in [3.8, 4) is 0 Å². The van der Waals surface area contributed by atoms with Gasteiger partial charge in [-0.1, -0.05) is 6.42 Å². The van der Waals surface area contributed by atoms with E-state index in [0.29, 0.717) is 0 Å². The molecule has 1 aromatic rings. The number of nitrogens with zero attached hydrogens (tertiary/aromatic N) is 3.